The summed E-state index contributed by atoms with van der Waals surface area (Å²) >= 11 is 1.61. The maximum absolute atomic E-state index is 13.4. The van der Waals surface area contributed by atoms with Crippen molar-refractivity contribution in [2.75, 3.05) is 11.3 Å². The van der Waals surface area contributed by atoms with E-state index >= 15 is 0 Å². The Bertz CT molecular complexity index is 1440. The number of anilines is 1. The molecule has 2 aromatic heterocycles. The Morgan fingerprint density at radius 1 is 1.06 bits per heavy atom. The van der Waals surface area contributed by atoms with Gasteiger partial charge >= 0.3 is 0 Å². The number of aromatic nitrogens is 2. The van der Waals surface area contributed by atoms with Crippen LogP contribution in [0.5, 0.6) is 5.75 Å². The lowest BCUT2D eigenvalue weighted by atomic mass is 9.83. The molecule has 0 spiro atoms. The number of halogens is 1. The highest BCUT2D eigenvalue weighted by molar-refractivity contribution is 7.92. The van der Waals surface area contributed by atoms with E-state index in [0.717, 1.165) is 39.9 Å². The monoisotopic (exact) mass is 481 g/mol. The molecule has 0 saturated heterocycles. The maximum Gasteiger partial charge on any atom is 0.263 e. The Balaban J connectivity index is 1.50. The van der Waals surface area contributed by atoms with E-state index in [0.29, 0.717) is 12.4 Å². The second-order valence-electron chi connectivity index (χ2n) is 7.68. The first-order chi connectivity index (χ1) is 15.9. The summed E-state index contributed by atoms with van der Waals surface area (Å²) in [7, 11) is -3.96. The SMILES string of the molecule is Cc1nc(-c2ccccc2[C@H]2CCOc3cc(S(=O)(=O)Nc4cccc(F)n4)ccc32)cs1. The molecule has 1 N–H and O–H groups in total. The maximum atomic E-state index is 13.4. The van der Waals surface area contributed by atoms with Crippen molar-refractivity contribution < 1.29 is 17.5 Å². The summed E-state index contributed by atoms with van der Waals surface area (Å²) in [6.07, 6.45) is 0.769. The van der Waals surface area contributed by atoms with E-state index in [4.69, 9.17) is 4.74 Å². The number of benzene rings is 2. The van der Waals surface area contributed by atoms with Crippen molar-refractivity contribution in [1.29, 1.82) is 0 Å². The molecule has 33 heavy (non-hydrogen) atoms. The molecule has 0 unspecified atom stereocenters. The van der Waals surface area contributed by atoms with Crippen molar-refractivity contribution in [2.45, 2.75) is 24.2 Å². The molecule has 0 radical (unpaired) electrons. The van der Waals surface area contributed by atoms with Crippen LogP contribution in [-0.4, -0.2) is 25.0 Å². The van der Waals surface area contributed by atoms with E-state index in [-0.39, 0.29) is 16.6 Å². The standard InChI is InChI=1S/C24H20FN3O3S2/c1-15-26-21(14-32-15)19-6-3-2-5-17(19)18-11-12-31-22-13-16(9-10-20(18)22)33(29,30)28-24-8-4-7-23(25)27-24/h2-10,13-14,18H,11-12H2,1H3,(H,27,28)/t18-/m1/s1. The summed E-state index contributed by atoms with van der Waals surface area (Å²) in [5.74, 6) is -0.285. The molecule has 9 heteroatoms. The van der Waals surface area contributed by atoms with Gasteiger partial charge in [0.2, 0.25) is 5.95 Å². The summed E-state index contributed by atoms with van der Waals surface area (Å²) in [5.41, 5.74) is 4.05. The fourth-order valence-electron chi connectivity index (χ4n) is 4.04. The Morgan fingerprint density at radius 3 is 2.70 bits per heavy atom. The third-order valence-corrected chi connectivity index (χ3v) is 7.65. The summed E-state index contributed by atoms with van der Waals surface area (Å²) < 4.78 is 47.2. The molecule has 1 aliphatic heterocycles. The number of fused-ring (bicyclic) bond motifs is 1. The number of nitrogens with zero attached hydrogens (tertiary/aromatic N) is 2. The van der Waals surface area contributed by atoms with Gasteiger partial charge in [0.1, 0.15) is 11.6 Å². The van der Waals surface area contributed by atoms with Crippen molar-refractivity contribution in [1.82, 2.24) is 9.97 Å². The van der Waals surface area contributed by atoms with Crippen LogP contribution in [0.1, 0.15) is 28.5 Å². The zero-order chi connectivity index (χ0) is 23.0. The van der Waals surface area contributed by atoms with E-state index in [1.54, 1.807) is 17.4 Å². The first-order valence-corrected chi connectivity index (χ1v) is 12.7. The molecule has 2 aromatic carbocycles. The topological polar surface area (TPSA) is 81.2 Å². The number of aryl methyl sites for hydroxylation is 1. The lowest BCUT2D eigenvalue weighted by Crippen LogP contribution is -2.18. The minimum atomic E-state index is -3.96. The van der Waals surface area contributed by atoms with Crippen molar-refractivity contribution >= 4 is 27.2 Å². The molecule has 6 nitrogen and oxygen atoms in total. The normalized spacial score (nSPS) is 15.5. The zero-order valence-corrected chi connectivity index (χ0v) is 19.3. The minimum Gasteiger partial charge on any atom is -0.493 e. The van der Waals surface area contributed by atoms with Gasteiger partial charge in [0.15, 0.2) is 0 Å². The Labute approximate surface area is 195 Å². The number of pyridine rings is 1. The van der Waals surface area contributed by atoms with E-state index in [9.17, 15) is 12.8 Å². The minimum absolute atomic E-state index is 0.0244. The van der Waals surface area contributed by atoms with E-state index < -0.39 is 16.0 Å². The predicted octanol–water partition coefficient (Wildman–Crippen LogP) is 5.37. The summed E-state index contributed by atoms with van der Waals surface area (Å²) in [5, 5.41) is 3.05. The highest BCUT2D eigenvalue weighted by Gasteiger charge is 2.28. The molecule has 5 rings (SSSR count). The molecule has 4 aromatic rings. The molecule has 168 valence electrons. The first-order valence-electron chi connectivity index (χ1n) is 10.3. The molecule has 0 fully saturated rings. The van der Waals surface area contributed by atoms with Gasteiger partial charge in [0.25, 0.3) is 10.0 Å². The lowest BCUT2D eigenvalue weighted by molar-refractivity contribution is 0.276. The zero-order valence-electron chi connectivity index (χ0n) is 17.7. The molecule has 3 heterocycles. The van der Waals surface area contributed by atoms with Gasteiger partial charge in [-0.2, -0.15) is 4.39 Å². The van der Waals surface area contributed by atoms with E-state index in [1.165, 1.54) is 24.3 Å². The number of sulfonamides is 1. The van der Waals surface area contributed by atoms with Crippen LogP contribution in [0.15, 0.2) is 70.9 Å². The number of nitrogens with one attached hydrogen (secondary N) is 1. The number of rotatable bonds is 5. The third kappa shape index (κ3) is 4.34. The highest BCUT2D eigenvalue weighted by atomic mass is 32.2. The fraction of sp³-hybridized carbons (Fsp3) is 0.167. The smallest absolute Gasteiger partial charge is 0.263 e. The highest BCUT2D eigenvalue weighted by Crippen LogP contribution is 2.42. The van der Waals surface area contributed by atoms with Crippen LogP contribution in [0.25, 0.3) is 11.3 Å². The molecule has 0 aliphatic carbocycles. The molecule has 0 bridgehead atoms. The van der Waals surface area contributed by atoms with Gasteiger partial charge in [0, 0.05) is 28.5 Å². The molecule has 0 amide bonds. The van der Waals surface area contributed by atoms with Crippen LogP contribution >= 0.6 is 11.3 Å². The van der Waals surface area contributed by atoms with Crippen LogP contribution < -0.4 is 9.46 Å². The number of thiazole rings is 1. The molecular weight excluding hydrogens is 461 g/mol. The van der Waals surface area contributed by atoms with Crippen molar-refractivity contribution in [3.05, 3.63) is 88.1 Å². The summed E-state index contributed by atoms with van der Waals surface area (Å²) in [6.45, 7) is 2.44. The van der Waals surface area contributed by atoms with Crippen molar-refractivity contribution in [2.24, 2.45) is 0 Å². The van der Waals surface area contributed by atoms with Gasteiger partial charge < -0.3 is 4.74 Å². The van der Waals surface area contributed by atoms with E-state index in [2.05, 4.69) is 32.2 Å². The molecular formula is C24H20FN3O3S2. The molecule has 0 saturated carbocycles. The molecule has 1 atom stereocenters. The van der Waals surface area contributed by atoms with Crippen LogP contribution in [0.3, 0.4) is 0 Å². The quantitative estimate of drug-likeness (QED) is 0.388. The number of hydrogen-bond donors (Lipinski definition) is 1. The lowest BCUT2D eigenvalue weighted by Gasteiger charge is -2.28. The summed E-state index contributed by atoms with van der Waals surface area (Å²) in [6, 6.07) is 16.9. The van der Waals surface area contributed by atoms with Gasteiger partial charge in [-0.3, -0.25) is 4.72 Å². The van der Waals surface area contributed by atoms with Crippen LogP contribution in [0.2, 0.25) is 0 Å². The second kappa shape index (κ2) is 8.57. The van der Waals surface area contributed by atoms with Crippen LogP contribution in [0.4, 0.5) is 10.2 Å². The third-order valence-electron chi connectivity index (χ3n) is 5.52. The van der Waals surface area contributed by atoms with Gasteiger partial charge in [-0.1, -0.05) is 36.4 Å². The Kier molecular flexibility index (Phi) is 5.59. The van der Waals surface area contributed by atoms with Crippen molar-refractivity contribution in [3.8, 4) is 17.0 Å². The average Bonchev–Trinajstić information content (AvgIpc) is 3.24. The largest absolute Gasteiger partial charge is 0.493 e. The van der Waals surface area contributed by atoms with Crippen molar-refractivity contribution in [3.63, 3.8) is 0 Å². The average molecular weight is 482 g/mol. The predicted molar refractivity (Wildman–Crippen MR) is 126 cm³/mol. The van der Waals surface area contributed by atoms with Gasteiger partial charge in [-0.15, -0.1) is 11.3 Å². The van der Waals surface area contributed by atoms with Crippen LogP contribution in [-0.2, 0) is 10.0 Å². The number of ether oxygens (including phenoxy) is 1. The number of hydrogen-bond acceptors (Lipinski definition) is 6. The van der Waals surface area contributed by atoms with Gasteiger partial charge in [-0.05, 0) is 37.1 Å². The van der Waals surface area contributed by atoms with Crippen LogP contribution in [0, 0.1) is 12.9 Å². The summed E-state index contributed by atoms with van der Waals surface area (Å²) in [4.78, 5) is 8.25. The first kappa shape index (κ1) is 21.5. The Hall–Kier alpha value is -3.30. The van der Waals surface area contributed by atoms with Gasteiger partial charge in [-0.25, -0.2) is 18.4 Å². The van der Waals surface area contributed by atoms with Gasteiger partial charge in [0.05, 0.1) is 22.2 Å². The van der Waals surface area contributed by atoms with E-state index in [1.807, 2.05) is 19.1 Å². The second-order valence-corrected chi connectivity index (χ2v) is 10.4. The molecule has 1 aliphatic rings. The Morgan fingerprint density at radius 2 is 1.91 bits per heavy atom. The fourth-order valence-corrected chi connectivity index (χ4v) is 5.67.